The van der Waals surface area contributed by atoms with E-state index in [1.165, 1.54) is 0 Å². The molecule has 1 aromatic carbocycles. The third-order valence-corrected chi connectivity index (χ3v) is 4.41. The molecule has 1 heterocycles. The highest BCUT2D eigenvalue weighted by Crippen LogP contribution is 2.13. The van der Waals surface area contributed by atoms with Crippen molar-refractivity contribution in [2.45, 2.75) is 31.4 Å². The molecule has 2 rings (SSSR count). The summed E-state index contributed by atoms with van der Waals surface area (Å²) < 4.78 is 0. The second-order valence-corrected chi connectivity index (χ2v) is 6.67. The van der Waals surface area contributed by atoms with E-state index in [4.69, 9.17) is 11.1 Å². The minimum Gasteiger partial charge on any atom is -0.394 e. The Kier molecular flexibility index (Phi) is 8.18. The zero-order valence-electron chi connectivity index (χ0n) is 15.6. The molecular formula is C18H28N6O4. The van der Waals surface area contributed by atoms with Crippen molar-refractivity contribution in [3.63, 3.8) is 0 Å². The van der Waals surface area contributed by atoms with Crippen molar-refractivity contribution in [3.05, 3.63) is 29.8 Å². The molecule has 28 heavy (non-hydrogen) atoms. The first kappa shape index (κ1) is 21.6. The van der Waals surface area contributed by atoms with Crippen molar-refractivity contribution in [3.8, 4) is 0 Å². The number of hydrogen-bond donors (Lipinski definition) is 7. The van der Waals surface area contributed by atoms with Crippen LogP contribution in [-0.4, -0.2) is 71.3 Å². The van der Waals surface area contributed by atoms with Crippen molar-refractivity contribution in [2.75, 3.05) is 31.6 Å². The summed E-state index contributed by atoms with van der Waals surface area (Å²) >= 11 is 0. The Balaban J connectivity index is 1.94. The first-order valence-corrected chi connectivity index (χ1v) is 9.22. The van der Waals surface area contributed by atoms with Gasteiger partial charge >= 0.3 is 0 Å². The fourth-order valence-corrected chi connectivity index (χ4v) is 2.90. The average Bonchev–Trinajstić information content (AvgIpc) is 2.70. The predicted octanol–water partition coefficient (Wildman–Crippen LogP) is -1.26. The number of aliphatic hydroxyl groups excluding tert-OH is 2. The Morgan fingerprint density at radius 3 is 2.61 bits per heavy atom. The standard InChI is InChI=1S/C18H28N6O4/c19-17(20)12-5-4-6-13(9-12)22-16(14(26)11-25)18(28)21-10-15(27)23-24-7-2-1-3-8-24/h4-6,9,14,16,22,25-26H,1-3,7-8,10-11H2,(H3,19,20)(H,21,28)(H,23,27). The van der Waals surface area contributed by atoms with E-state index >= 15 is 0 Å². The SMILES string of the molecule is N=C(N)c1cccc(NC(C(=O)NCC(=O)NN2CCCCC2)C(O)CO)c1. The van der Waals surface area contributed by atoms with Crippen LogP contribution >= 0.6 is 0 Å². The quantitative estimate of drug-likeness (QED) is 0.204. The Morgan fingerprint density at radius 2 is 1.96 bits per heavy atom. The molecule has 10 nitrogen and oxygen atoms in total. The summed E-state index contributed by atoms with van der Waals surface area (Å²) in [5.41, 5.74) is 9.08. The molecule has 2 atom stereocenters. The molecule has 0 saturated carbocycles. The maximum absolute atomic E-state index is 12.5. The highest BCUT2D eigenvalue weighted by molar-refractivity contribution is 5.96. The molecule has 0 spiro atoms. The lowest BCUT2D eigenvalue weighted by Crippen LogP contribution is -2.53. The molecule has 0 aliphatic carbocycles. The lowest BCUT2D eigenvalue weighted by atomic mass is 10.1. The number of nitrogens with zero attached hydrogens (tertiary/aromatic N) is 1. The van der Waals surface area contributed by atoms with Gasteiger partial charge in [-0.3, -0.25) is 20.4 Å². The maximum Gasteiger partial charge on any atom is 0.253 e. The third-order valence-electron chi connectivity index (χ3n) is 4.41. The normalized spacial score (nSPS) is 16.6. The number of amides is 2. The Hall–Kier alpha value is -2.69. The maximum atomic E-state index is 12.5. The van der Waals surface area contributed by atoms with Crippen LogP contribution in [0.25, 0.3) is 0 Å². The molecule has 1 aliphatic rings. The van der Waals surface area contributed by atoms with Crippen molar-refractivity contribution in [1.82, 2.24) is 15.8 Å². The van der Waals surface area contributed by atoms with Crippen molar-refractivity contribution in [2.24, 2.45) is 5.73 Å². The molecule has 10 heteroatoms. The second-order valence-electron chi connectivity index (χ2n) is 6.67. The smallest absolute Gasteiger partial charge is 0.253 e. The minimum atomic E-state index is -1.38. The number of nitrogen functional groups attached to an aromatic ring is 1. The van der Waals surface area contributed by atoms with E-state index in [2.05, 4.69) is 16.1 Å². The van der Waals surface area contributed by atoms with Gasteiger partial charge in [-0.15, -0.1) is 0 Å². The summed E-state index contributed by atoms with van der Waals surface area (Å²) in [5, 5.41) is 33.8. The third kappa shape index (κ3) is 6.48. The Morgan fingerprint density at radius 1 is 1.25 bits per heavy atom. The number of hydrazine groups is 1. The molecule has 1 aromatic rings. The number of rotatable bonds is 9. The van der Waals surface area contributed by atoms with Gasteiger partial charge in [-0.2, -0.15) is 0 Å². The van der Waals surface area contributed by atoms with Crippen LogP contribution < -0.4 is 21.8 Å². The van der Waals surface area contributed by atoms with E-state index in [-0.39, 0.29) is 18.3 Å². The molecule has 8 N–H and O–H groups in total. The number of amidine groups is 1. The summed E-state index contributed by atoms with van der Waals surface area (Å²) in [7, 11) is 0. The number of nitrogens with two attached hydrogens (primary N) is 1. The second kappa shape index (κ2) is 10.6. The van der Waals surface area contributed by atoms with Crippen LogP contribution in [-0.2, 0) is 9.59 Å². The number of anilines is 1. The number of nitrogens with one attached hydrogen (secondary N) is 4. The van der Waals surface area contributed by atoms with Gasteiger partial charge in [0.05, 0.1) is 13.2 Å². The van der Waals surface area contributed by atoms with E-state index < -0.39 is 24.7 Å². The molecule has 0 radical (unpaired) electrons. The topological polar surface area (TPSA) is 164 Å². The number of piperidine rings is 1. The van der Waals surface area contributed by atoms with Gasteiger partial charge in [0.2, 0.25) is 5.91 Å². The van der Waals surface area contributed by atoms with E-state index in [9.17, 15) is 19.8 Å². The van der Waals surface area contributed by atoms with Crippen LogP contribution in [0.3, 0.4) is 0 Å². The monoisotopic (exact) mass is 392 g/mol. The average molecular weight is 392 g/mol. The van der Waals surface area contributed by atoms with E-state index in [0.717, 1.165) is 32.4 Å². The highest BCUT2D eigenvalue weighted by Gasteiger charge is 2.27. The lowest BCUT2D eigenvalue weighted by molar-refractivity contribution is -0.130. The predicted molar refractivity (Wildman–Crippen MR) is 105 cm³/mol. The van der Waals surface area contributed by atoms with Crippen molar-refractivity contribution < 1.29 is 19.8 Å². The number of benzene rings is 1. The van der Waals surface area contributed by atoms with Crippen molar-refractivity contribution in [1.29, 1.82) is 5.41 Å². The minimum absolute atomic E-state index is 0.137. The highest BCUT2D eigenvalue weighted by atomic mass is 16.3. The number of carbonyl (C=O) groups is 2. The van der Waals surface area contributed by atoms with Gasteiger partial charge in [-0.1, -0.05) is 18.6 Å². The molecule has 2 amide bonds. The van der Waals surface area contributed by atoms with E-state index in [1.54, 1.807) is 24.3 Å². The summed E-state index contributed by atoms with van der Waals surface area (Å²) in [6.45, 7) is 0.662. The largest absolute Gasteiger partial charge is 0.394 e. The van der Waals surface area contributed by atoms with Crippen LogP contribution in [0.4, 0.5) is 5.69 Å². The molecule has 1 fully saturated rings. The van der Waals surface area contributed by atoms with Crippen molar-refractivity contribution >= 4 is 23.3 Å². The fourth-order valence-electron chi connectivity index (χ4n) is 2.90. The molecule has 2 unspecified atom stereocenters. The molecule has 154 valence electrons. The fraction of sp³-hybridized carbons (Fsp3) is 0.500. The molecular weight excluding hydrogens is 364 g/mol. The van der Waals surface area contributed by atoms with E-state index in [1.807, 2.05) is 5.01 Å². The van der Waals surface area contributed by atoms with Crippen LogP contribution in [0.2, 0.25) is 0 Å². The van der Waals surface area contributed by atoms with Crippen LogP contribution in [0.15, 0.2) is 24.3 Å². The first-order valence-electron chi connectivity index (χ1n) is 9.22. The number of carbonyl (C=O) groups excluding carboxylic acids is 2. The van der Waals surface area contributed by atoms with Gasteiger partial charge in [0.25, 0.3) is 5.91 Å². The van der Waals surface area contributed by atoms with Crippen LogP contribution in [0.1, 0.15) is 24.8 Å². The summed E-state index contributed by atoms with van der Waals surface area (Å²) in [6, 6.07) is 5.28. The summed E-state index contributed by atoms with van der Waals surface area (Å²) in [5.74, 6) is -1.13. The van der Waals surface area contributed by atoms with Gasteiger partial charge in [-0.05, 0) is 25.0 Å². The molecule has 0 bridgehead atoms. The van der Waals surface area contributed by atoms with Gasteiger partial charge in [-0.25, -0.2) is 5.01 Å². The number of hydrogen-bond acceptors (Lipinski definition) is 7. The van der Waals surface area contributed by atoms with Gasteiger partial charge in [0.1, 0.15) is 18.0 Å². The van der Waals surface area contributed by atoms with Crippen LogP contribution in [0.5, 0.6) is 0 Å². The Labute approximate surface area is 163 Å². The molecule has 0 aromatic heterocycles. The van der Waals surface area contributed by atoms with E-state index in [0.29, 0.717) is 11.3 Å². The zero-order valence-corrected chi connectivity index (χ0v) is 15.6. The zero-order chi connectivity index (χ0) is 20.5. The summed E-state index contributed by atoms with van der Waals surface area (Å²) in [6.07, 6.45) is 1.79. The summed E-state index contributed by atoms with van der Waals surface area (Å²) in [4.78, 5) is 24.5. The Bertz CT molecular complexity index is 692. The van der Waals surface area contributed by atoms with Gasteiger partial charge < -0.3 is 26.6 Å². The lowest BCUT2D eigenvalue weighted by Gasteiger charge is -2.27. The molecule has 1 aliphatic heterocycles. The van der Waals surface area contributed by atoms with Crippen LogP contribution in [0, 0.1) is 5.41 Å². The first-order chi connectivity index (χ1) is 13.4. The molecule has 1 saturated heterocycles. The van der Waals surface area contributed by atoms with Gasteiger partial charge in [0.15, 0.2) is 0 Å². The van der Waals surface area contributed by atoms with Gasteiger partial charge in [0, 0.05) is 24.3 Å². The number of aliphatic hydroxyl groups is 2.